The predicted octanol–water partition coefficient (Wildman–Crippen LogP) is 0.681. The zero-order valence-corrected chi connectivity index (χ0v) is 9.89. The fraction of sp³-hybridized carbons (Fsp3) is 0.600. The molecule has 0 aliphatic heterocycles. The number of hydrogen-bond donors (Lipinski definition) is 1. The third-order valence-electron chi connectivity index (χ3n) is 1.80. The van der Waals surface area contributed by atoms with Gasteiger partial charge in [0.05, 0.1) is 13.7 Å². The molecule has 0 bridgehead atoms. The highest BCUT2D eigenvalue weighted by Gasteiger charge is 2.11. The monoisotopic (exact) mass is 231 g/mol. The van der Waals surface area contributed by atoms with Gasteiger partial charge in [0.1, 0.15) is 11.3 Å². The molecule has 6 nitrogen and oxygen atoms in total. The first-order chi connectivity index (χ1) is 7.56. The SMILES string of the molecule is COC(=O)C(C=NCC(OC)OC)=C(C)O. The molecule has 0 aromatic rings. The van der Waals surface area contributed by atoms with Gasteiger partial charge in [0.25, 0.3) is 0 Å². The zero-order chi connectivity index (χ0) is 12.6. The number of esters is 1. The van der Waals surface area contributed by atoms with E-state index in [-0.39, 0.29) is 17.9 Å². The molecule has 0 aliphatic rings. The number of carbonyl (C=O) groups excluding carboxylic acids is 1. The first-order valence-electron chi connectivity index (χ1n) is 4.60. The lowest BCUT2D eigenvalue weighted by Gasteiger charge is -2.09. The van der Waals surface area contributed by atoms with Gasteiger partial charge in [0.2, 0.25) is 0 Å². The maximum Gasteiger partial charge on any atom is 0.342 e. The fourth-order valence-corrected chi connectivity index (χ4v) is 0.879. The first-order valence-corrected chi connectivity index (χ1v) is 4.60. The van der Waals surface area contributed by atoms with E-state index >= 15 is 0 Å². The van der Waals surface area contributed by atoms with Gasteiger partial charge in [0.15, 0.2) is 6.29 Å². The van der Waals surface area contributed by atoms with Gasteiger partial charge in [-0.3, -0.25) is 4.99 Å². The summed E-state index contributed by atoms with van der Waals surface area (Å²) in [6.45, 7) is 1.60. The van der Waals surface area contributed by atoms with Crippen LogP contribution < -0.4 is 0 Å². The van der Waals surface area contributed by atoms with E-state index in [1.807, 2.05) is 0 Å². The highest BCUT2D eigenvalue weighted by molar-refractivity contribution is 6.09. The standard InChI is InChI=1S/C10H17NO5/c1-7(12)8(10(13)16-4)5-11-6-9(14-2)15-3/h5,9,12H,6H2,1-4H3. The Kier molecular flexibility index (Phi) is 7.15. The first kappa shape index (κ1) is 14.6. The summed E-state index contributed by atoms with van der Waals surface area (Å²) < 4.78 is 14.3. The summed E-state index contributed by atoms with van der Waals surface area (Å²) in [5.41, 5.74) is 0.00783. The smallest absolute Gasteiger partial charge is 0.342 e. The Morgan fingerprint density at radius 1 is 1.38 bits per heavy atom. The molecule has 0 fully saturated rings. The molecule has 0 aliphatic carbocycles. The summed E-state index contributed by atoms with van der Waals surface area (Å²) in [4.78, 5) is 15.1. The minimum absolute atomic E-state index is 0.00783. The molecular formula is C10H17NO5. The van der Waals surface area contributed by atoms with Gasteiger partial charge >= 0.3 is 5.97 Å². The molecule has 6 heteroatoms. The maximum atomic E-state index is 11.2. The second kappa shape index (κ2) is 7.84. The van der Waals surface area contributed by atoms with Gasteiger partial charge in [-0.25, -0.2) is 4.79 Å². The Labute approximate surface area is 94.5 Å². The number of nitrogens with zero attached hydrogens (tertiary/aromatic N) is 1. The molecule has 0 aromatic heterocycles. The molecule has 92 valence electrons. The van der Waals surface area contributed by atoms with Gasteiger partial charge in [-0.2, -0.15) is 0 Å². The lowest BCUT2D eigenvalue weighted by molar-refractivity contribution is -0.135. The van der Waals surface area contributed by atoms with E-state index in [2.05, 4.69) is 9.73 Å². The van der Waals surface area contributed by atoms with Crippen LogP contribution in [0.25, 0.3) is 0 Å². The highest BCUT2D eigenvalue weighted by atomic mass is 16.7. The molecule has 0 saturated heterocycles. The van der Waals surface area contributed by atoms with Crippen LogP contribution in [0.2, 0.25) is 0 Å². The van der Waals surface area contributed by atoms with E-state index in [1.54, 1.807) is 0 Å². The Morgan fingerprint density at radius 3 is 2.31 bits per heavy atom. The Morgan fingerprint density at radius 2 is 1.94 bits per heavy atom. The largest absolute Gasteiger partial charge is 0.512 e. The molecule has 0 rings (SSSR count). The number of hydrogen-bond acceptors (Lipinski definition) is 6. The van der Waals surface area contributed by atoms with Crippen molar-refractivity contribution < 1.29 is 24.1 Å². The number of aliphatic hydroxyl groups is 1. The molecule has 1 N–H and O–H groups in total. The summed E-state index contributed by atoms with van der Waals surface area (Å²) in [5, 5.41) is 9.22. The summed E-state index contributed by atoms with van der Waals surface area (Å²) >= 11 is 0. The zero-order valence-electron chi connectivity index (χ0n) is 9.89. The Balaban J connectivity index is 4.49. The van der Waals surface area contributed by atoms with Crippen molar-refractivity contribution in [1.82, 2.24) is 0 Å². The van der Waals surface area contributed by atoms with Crippen LogP contribution >= 0.6 is 0 Å². The number of ether oxygens (including phenoxy) is 3. The van der Waals surface area contributed by atoms with Crippen LogP contribution in [0.1, 0.15) is 6.92 Å². The van der Waals surface area contributed by atoms with Crippen molar-refractivity contribution in [3.63, 3.8) is 0 Å². The van der Waals surface area contributed by atoms with Crippen molar-refractivity contribution >= 4 is 12.2 Å². The number of aliphatic hydroxyl groups excluding tert-OH is 1. The lowest BCUT2D eigenvalue weighted by atomic mass is 10.2. The van der Waals surface area contributed by atoms with Gasteiger partial charge in [-0.05, 0) is 6.92 Å². The van der Waals surface area contributed by atoms with Gasteiger partial charge < -0.3 is 19.3 Å². The maximum absolute atomic E-state index is 11.2. The Bertz CT molecular complexity index is 277. The van der Waals surface area contributed by atoms with Crippen LogP contribution in [0.5, 0.6) is 0 Å². The third kappa shape index (κ3) is 4.90. The minimum atomic E-state index is -0.643. The van der Waals surface area contributed by atoms with Crippen LogP contribution in [0.3, 0.4) is 0 Å². The van der Waals surface area contributed by atoms with E-state index in [0.29, 0.717) is 0 Å². The van der Waals surface area contributed by atoms with Crippen LogP contribution in [-0.2, 0) is 19.0 Å². The second-order valence-electron chi connectivity index (χ2n) is 2.89. The molecule has 0 unspecified atom stereocenters. The van der Waals surface area contributed by atoms with Crippen LogP contribution in [0.4, 0.5) is 0 Å². The van der Waals surface area contributed by atoms with Crippen molar-refractivity contribution in [3.05, 3.63) is 11.3 Å². The highest BCUT2D eigenvalue weighted by Crippen LogP contribution is 2.01. The van der Waals surface area contributed by atoms with Crippen molar-refractivity contribution in [3.8, 4) is 0 Å². The van der Waals surface area contributed by atoms with E-state index in [1.165, 1.54) is 34.5 Å². The topological polar surface area (TPSA) is 77.4 Å². The predicted molar refractivity (Wildman–Crippen MR) is 58.5 cm³/mol. The van der Waals surface area contributed by atoms with Crippen LogP contribution in [-0.4, -0.2) is 51.5 Å². The van der Waals surface area contributed by atoms with Crippen molar-refractivity contribution in [2.45, 2.75) is 13.2 Å². The number of aliphatic imine (C=N–C) groups is 1. The summed E-state index contributed by atoms with van der Waals surface area (Å²) in [5.74, 6) is -0.794. The molecule has 0 radical (unpaired) electrons. The van der Waals surface area contributed by atoms with Gasteiger partial charge in [-0.1, -0.05) is 0 Å². The molecule has 0 saturated carbocycles. The van der Waals surface area contributed by atoms with E-state index in [4.69, 9.17) is 9.47 Å². The molecule has 0 amide bonds. The Hall–Kier alpha value is -1.40. The quantitative estimate of drug-likeness (QED) is 0.239. The molecule has 0 heterocycles. The van der Waals surface area contributed by atoms with Gasteiger partial charge in [0, 0.05) is 20.4 Å². The van der Waals surface area contributed by atoms with Crippen LogP contribution in [0, 0.1) is 0 Å². The van der Waals surface area contributed by atoms with Crippen LogP contribution in [0.15, 0.2) is 16.3 Å². The second-order valence-corrected chi connectivity index (χ2v) is 2.89. The lowest BCUT2D eigenvalue weighted by Crippen LogP contribution is -2.17. The molecule has 0 atom stereocenters. The van der Waals surface area contributed by atoms with E-state index in [0.717, 1.165) is 0 Å². The van der Waals surface area contributed by atoms with Crippen molar-refractivity contribution in [2.75, 3.05) is 27.9 Å². The summed E-state index contributed by atoms with van der Waals surface area (Å²) in [6, 6.07) is 0. The van der Waals surface area contributed by atoms with Gasteiger partial charge in [-0.15, -0.1) is 0 Å². The average Bonchev–Trinajstić information content (AvgIpc) is 2.28. The summed E-state index contributed by atoms with van der Waals surface area (Å²) in [7, 11) is 4.20. The molecule has 0 aromatic carbocycles. The summed E-state index contributed by atoms with van der Waals surface area (Å²) in [6.07, 6.45) is 0.751. The number of methoxy groups -OCH3 is 3. The van der Waals surface area contributed by atoms with Crippen molar-refractivity contribution in [2.24, 2.45) is 4.99 Å². The average molecular weight is 231 g/mol. The molecule has 0 spiro atoms. The third-order valence-corrected chi connectivity index (χ3v) is 1.80. The number of allylic oxidation sites excluding steroid dienone is 1. The van der Waals surface area contributed by atoms with E-state index in [9.17, 15) is 9.90 Å². The number of rotatable bonds is 6. The normalized spacial score (nSPS) is 13.1. The van der Waals surface area contributed by atoms with Crippen molar-refractivity contribution in [1.29, 1.82) is 0 Å². The fourth-order valence-electron chi connectivity index (χ4n) is 0.879. The molecular weight excluding hydrogens is 214 g/mol. The minimum Gasteiger partial charge on any atom is -0.512 e. The number of carbonyl (C=O) groups is 1. The molecule has 16 heavy (non-hydrogen) atoms. The van der Waals surface area contributed by atoms with E-state index < -0.39 is 12.3 Å².